The molecule has 1 amide bonds. The minimum absolute atomic E-state index is 0.0653. The molecule has 0 saturated carbocycles. The number of anilines is 1. The van der Waals surface area contributed by atoms with Gasteiger partial charge in [0.2, 0.25) is 5.91 Å². The Morgan fingerprint density at radius 1 is 1.00 bits per heavy atom. The lowest BCUT2D eigenvalue weighted by molar-refractivity contribution is -0.120. The van der Waals surface area contributed by atoms with Crippen LogP contribution in [0.25, 0.3) is 0 Å². The van der Waals surface area contributed by atoms with Gasteiger partial charge in [0.1, 0.15) is 25.6 Å². The van der Waals surface area contributed by atoms with E-state index >= 15 is 0 Å². The third-order valence-electron chi connectivity index (χ3n) is 5.73. The highest BCUT2D eigenvalue weighted by Gasteiger charge is 2.29. The molecule has 0 saturated heterocycles. The van der Waals surface area contributed by atoms with Gasteiger partial charge in [-0.15, -0.1) is 0 Å². The standard InChI is InChI=1S/C26H27FN2O5S/c1-3-23(19-6-4-18(2)5-7-19)28-26(30)17-29(21-10-8-20(27)9-11-21)35(31,32)22-12-13-24-25(16-22)34-15-14-33-24/h4-13,16,23H,3,14-15,17H2,1-2H3,(H,28,30)/t23-/m1/s1. The molecule has 0 fully saturated rings. The van der Waals surface area contributed by atoms with Crippen LogP contribution in [0.1, 0.15) is 30.5 Å². The lowest BCUT2D eigenvalue weighted by Gasteiger charge is -2.26. The van der Waals surface area contributed by atoms with E-state index in [9.17, 15) is 17.6 Å². The fourth-order valence-electron chi connectivity index (χ4n) is 3.82. The highest BCUT2D eigenvalue weighted by Crippen LogP contribution is 2.34. The highest BCUT2D eigenvalue weighted by atomic mass is 32.2. The first-order valence-corrected chi connectivity index (χ1v) is 12.8. The summed E-state index contributed by atoms with van der Waals surface area (Å²) >= 11 is 0. The Hall–Kier alpha value is -3.59. The van der Waals surface area contributed by atoms with Gasteiger partial charge in [-0.05, 0) is 55.3 Å². The highest BCUT2D eigenvalue weighted by molar-refractivity contribution is 7.92. The maximum Gasteiger partial charge on any atom is 0.264 e. The van der Waals surface area contributed by atoms with Crippen molar-refractivity contribution in [1.29, 1.82) is 0 Å². The predicted octanol–water partition coefficient (Wildman–Crippen LogP) is 4.37. The Labute approximate surface area is 204 Å². The minimum Gasteiger partial charge on any atom is -0.486 e. The molecule has 184 valence electrons. The normalized spacial score (nSPS) is 13.7. The van der Waals surface area contributed by atoms with Crippen LogP contribution in [0.3, 0.4) is 0 Å². The molecule has 1 N–H and O–H groups in total. The number of sulfonamides is 1. The zero-order valence-corrected chi connectivity index (χ0v) is 20.3. The molecule has 0 unspecified atom stereocenters. The summed E-state index contributed by atoms with van der Waals surface area (Å²) in [6.45, 7) is 4.12. The summed E-state index contributed by atoms with van der Waals surface area (Å²) in [5.41, 5.74) is 2.19. The summed E-state index contributed by atoms with van der Waals surface area (Å²) in [4.78, 5) is 13.0. The number of fused-ring (bicyclic) bond motifs is 1. The predicted molar refractivity (Wildman–Crippen MR) is 131 cm³/mol. The Morgan fingerprint density at radius 3 is 2.31 bits per heavy atom. The molecule has 9 heteroatoms. The quantitative estimate of drug-likeness (QED) is 0.499. The molecule has 1 aliphatic rings. The lowest BCUT2D eigenvalue weighted by atomic mass is 10.0. The number of hydrogen-bond acceptors (Lipinski definition) is 5. The molecule has 0 radical (unpaired) electrons. The second-order valence-corrected chi connectivity index (χ2v) is 10.1. The monoisotopic (exact) mass is 498 g/mol. The number of amides is 1. The van der Waals surface area contributed by atoms with Gasteiger partial charge in [-0.2, -0.15) is 0 Å². The summed E-state index contributed by atoms with van der Waals surface area (Å²) in [7, 11) is -4.19. The summed E-state index contributed by atoms with van der Waals surface area (Å²) in [6, 6.07) is 16.8. The van der Waals surface area contributed by atoms with Crippen molar-refractivity contribution in [3.63, 3.8) is 0 Å². The molecule has 35 heavy (non-hydrogen) atoms. The van der Waals surface area contributed by atoms with Crippen LogP contribution in [0.4, 0.5) is 10.1 Å². The smallest absolute Gasteiger partial charge is 0.264 e. The molecule has 0 spiro atoms. The molecule has 1 heterocycles. The van der Waals surface area contributed by atoms with Crippen LogP contribution in [0, 0.1) is 12.7 Å². The van der Waals surface area contributed by atoms with Gasteiger partial charge in [0, 0.05) is 6.07 Å². The number of ether oxygens (including phenoxy) is 2. The largest absolute Gasteiger partial charge is 0.486 e. The van der Waals surface area contributed by atoms with Crippen LogP contribution >= 0.6 is 0 Å². The minimum atomic E-state index is -4.19. The Balaban J connectivity index is 1.63. The van der Waals surface area contributed by atoms with Crippen LogP contribution in [0.5, 0.6) is 11.5 Å². The molecule has 1 aliphatic heterocycles. The van der Waals surface area contributed by atoms with E-state index in [-0.39, 0.29) is 16.6 Å². The number of aryl methyl sites for hydroxylation is 1. The van der Waals surface area contributed by atoms with Crippen molar-refractivity contribution in [3.8, 4) is 11.5 Å². The Bertz CT molecular complexity index is 1290. The van der Waals surface area contributed by atoms with Crippen LogP contribution in [0.15, 0.2) is 71.6 Å². The fourth-order valence-corrected chi connectivity index (χ4v) is 5.26. The van der Waals surface area contributed by atoms with E-state index in [0.717, 1.165) is 27.6 Å². The maximum atomic E-state index is 13.7. The van der Waals surface area contributed by atoms with Crippen molar-refractivity contribution >= 4 is 21.6 Å². The molecule has 0 bridgehead atoms. The van der Waals surface area contributed by atoms with Gasteiger partial charge in [0.05, 0.1) is 16.6 Å². The number of carbonyl (C=O) groups is 1. The number of nitrogens with one attached hydrogen (secondary N) is 1. The zero-order chi connectivity index (χ0) is 25.0. The number of hydrogen-bond donors (Lipinski definition) is 1. The molecular weight excluding hydrogens is 471 g/mol. The second-order valence-electron chi connectivity index (χ2n) is 8.23. The van der Waals surface area contributed by atoms with Gasteiger partial charge in [0.15, 0.2) is 11.5 Å². The number of nitrogens with zero attached hydrogens (tertiary/aromatic N) is 1. The molecule has 1 atom stereocenters. The second kappa shape index (κ2) is 10.4. The Morgan fingerprint density at radius 2 is 1.66 bits per heavy atom. The summed E-state index contributed by atoms with van der Waals surface area (Å²) < 4.78 is 52.9. The van der Waals surface area contributed by atoms with Crippen LogP contribution in [-0.4, -0.2) is 34.1 Å². The van der Waals surface area contributed by atoms with Crippen molar-refractivity contribution < 1.29 is 27.1 Å². The molecule has 3 aromatic rings. The van der Waals surface area contributed by atoms with E-state index in [1.54, 1.807) is 0 Å². The molecule has 4 rings (SSSR count). The van der Waals surface area contributed by atoms with E-state index in [1.165, 1.54) is 30.3 Å². The molecule has 0 aliphatic carbocycles. The third-order valence-corrected chi connectivity index (χ3v) is 7.50. The van der Waals surface area contributed by atoms with E-state index in [1.807, 2.05) is 38.1 Å². The van der Waals surface area contributed by atoms with Crippen LogP contribution < -0.4 is 19.1 Å². The SMILES string of the molecule is CC[C@@H](NC(=O)CN(c1ccc(F)cc1)S(=O)(=O)c1ccc2c(c1)OCCO2)c1ccc(C)cc1. The van der Waals surface area contributed by atoms with Gasteiger partial charge >= 0.3 is 0 Å². The lowest BCUT2D eigenvalue weighted by Crippen LogP contribution is -2.42. The number of halogens is 1. The van der Waals surface area contributed by atoms with E-state index in [2.05, 4.69) is 5.32 Å². The van der Waals surface area contributed by atoms with Gasteiger partial charge in [-0.1, -0.05) is 36.8 Å². The van der Waals surface area contributed by atoms with E-state index in [4.69, 9.17) is 9.47 Å². The summed E-state index contributed by atoms with van der Waals surface area (Å²) in [5, 5.41) is 2.92. The number of carbonyl (C=O) groups excluding carboxylic acids is 1. The molecule has 3 aromatic carbocycles. The summed E-state index contributed by atoms with van der Waals surface area (Å²) in [6.07, 6.45) is 0.625. The van der Waals surface area contributed by atoms with Crippen LogP contribution in [-0.2, 0) is 14.8 Å². The first-order chi connectivity index (χ1) is 16.8. The maximum absolute atomic E-state index is 13.7. The average molecular weight is 499 g/mol. The topological polar surface area (TPSA) is 84.9 Å². The average Bonchev–Trinajstić information content (AvgIpc) is 2.86. The number of rotatable bonds is 8. The first-order valence-electron chi connectivity index (χ1n) is 11.3. The van der Waals surface area contributed by atoms with Crippen molar-refractivity contribution in [2.75, 3.05) is 24.1 Å². The first kappa shape index (κ1) is 24.5. The van der Waals surface area contributed by atoms with Gasteiger partial charge in [0.25, 0.3) is 10.0 Å². The van der Waals surface area contributed by atoms with Gasteiger partial charge in [-0.3, -0.25) is 9.10 Å². The molecular formula is C26H27FN2O5S. The van der Waals surface area contributed by atoms with Crippen molar-refractivity contribution in [2.45, 2.75) is 31.2 Å². The van der Waals surface area contributed by atoms with Crippen molar-refractivity contribution in [1.82, 2.24) is 5.32 Å². The summed E-state index contributed by atoms with van der Waals surface area (Å²) in [5.74, 6) is -0.237. The molecule has 7 nitrogen and oxygen atoms in total. The van der Waals surface area contributed by atoms with Crippen LogP contribution in [0.2, 0.25) is 0 Å². The Kier molecular flexibility index (Phi) is 7.25. The fraction of sp³-hybridized carbons (Fsp3) is 0.269. The number of benzene rings is 3. The zero-order valence-electron chi connectivity index (χ0n) is 19.5. The van der Waals surface area contributed by atoms with Crippen molar-refractivity contribution in [3.05, 3.63) is 83.7 Å². The van der Waals surface area contributed by atoms with Gasteiger partial charge < -0.3 is 14.8 Å². The third kappa shape index (κ3) is 5.57. The van der Waals surface area contributed by atoms with E-state index in [0.29, 0.717) is 31.1 Å². The molecule has 0 aromatic heterocycles. The van der Waals surface area contributed by atoms with Gasteiger partial charge in [-0.25, -0.2) is 12.8 Å². The van der Waals surface area contributed by atoms with Crippen molar-refractivity contribution in [2.24, 2.45) is 0 Å². The van der Waals surface area contributed by atoms with E-state index < -0.39 is 28.3 Å².